The van der Waals surface area contributed by atoms with Gasteiger partial charge in [-0.2, -0.15) is 5.10 Å². The number of para-hydroxylation sites is 1. The highest BCUT2D eigenvalue weighted by Gasteiger charge is 2.25. The van der Waals surface area contributed by atoms with Crippen molar-refractivity contribution >= 4 is 0 Å². The number of aromatic nitrogens is 2. The van der Waals surface area contributed by atoms with Crippen molar-refractivity contribution in [3.63, 3.8) is 0 Å². The maximum absolute atomic E-state index is 10.6. The summed E-state index contributed by atoms with van der Waals surface area (Å²) in [5.41, 5.74) is 2.94. The van der Waals surface area contributed by atoms with Crippen molar-refractivity contribution in [2.24, 2.45) is 7.05 Å². The summed E-state index contributed by atoms with van der Waals surface area (Å²) >= 11 is 0. The van der Waals surface area contributed by atoms with Crippen LogP contribution in [0.15, 0.2) is 60.7 Å². The minimum atomic E-state index is -0.556. The number of hydrogen-bond donors (Lipinski definition) is 1. The number of aliphatic hydroxyl groups is 1. The lowest BCUT2D eigenvalue weighted by Gasteiger charge is -2.30. The van der Waals surface area contributed by atoms with Crippen LogP contribution in [0.2, 0.25) is 0 Å². The second kappa shape index (κ2) is 11.8. The summed E-state index contributed by atoms with van der Waals surface area (Å²) in [5.74, 6) is 1.48. The SMILES string of the molecule is CCOC[C@H](O)CN(Cc1c(-c2ccccc2)nn(C)c1Oc1ccccc1)[C@@H](C)CC. The molecule has 2 atom stereocenters. The fourth-order valence-corrected chi connectivity index (χ4v) is 3.69. The van der Waals surface area contributed by atoms with E-state index in [0.717, 1.165) is 29.0 Å². The average Bonchev–Trinajstić information content (AvgIpc) is 3.12. The van der Waals surface area contributed by atoms with Crippen LogP contribution in [-0.4, -0.2) is 51.7 Å². The predicted octanol–water partition coefficient (Wildman–Crippen LogP) is 4.88. The Morgan fingerprint density at radius 1 is 1.03 bits per heavy atom. The molecule has 6 nitrogen and oxygen atoms in total. The van der Waals surface area contributed by atoms with Gasteiger partial charge in [-0.15, -0.1) is 0 Å². The highest BCUT2D eigenvalue weighted by Crippen LogP contribution is 2.34. The monoisotopic (exact) mass is 437 g/mol. The van der Waals surface area contributed by atoms with Crippen LogP contribution in [0.3, 0.4) is 0 Å². The van der Waals surface area contributed by atoms with E-state index in [1.807, 2.05) is 62.5 Å². The fourth-order valence-electron chi connectivity index (χ4n) is 3.69. The van der Waals surface area contributed by atoms with Crippen LogP contribution in [0, 0.1) is 0 Å². The van der Waals surface area contributed by atoms with Gasteiger partial charge in [0.25, 0.3) is 0 Å². The van der Waals surface area contributed by atoms with Gasteiger partial charge in [0.05, 0.1) is 18.3 Å². The van der Waals surface area contributed by atoms with Crippen LogP contribution in [0.5, 0.6) is 11.6 Å². The molecule has 0 aliphatic carbocycles. The van der Waals surface area contributed by atoms with Gasteiger partial charge < -0.3 is 14.6 Å². The molecule has 0 saturated carbocycles. The van der Waals surface area contributed by atoms with Crippen molar-refractivity contribution in [3.8, 4) is 22.9 Å². The molecule has 6 heteroatoms. The van der Waals surface area contributed by atoms with Crippen LogP contribution in [0.4, 0.5) is 0 Å². The van der Waals surface area contributed by atoms with E-state index in [0.29, 0.717) is 32.2 Å². The minimum absolute atomic E-state index is 0.277. The molecular formula is C26H35N3O3. The molecule has 0 spiro atoms. The van der Waals surface area contributed by atoms with Gasteiger partial charge in [-0.25, -0.2) is 4.68 Å². The molecule has 1 heterocycles. The lowest BCUT2D eigenvalue weighted by atomic mass is 10.1. The third-order valence-corrected chi connectivity index (χ3v) is 5.63. The van der Waals surface area contributed by atoms with Gasteiger partial charge in [-0.3, -0.25) is 4.90 Å². The number of rotatable bonds is 12. The molecule has 0 unspecified atom stereocenters. The largest absolute Gasteiger partial charge is 0.439 e. The number of hydrogen-bond acceptors (Lipinski definition) is 5. The maximum atomic E-state index is 10.6. The quantitative estimate of drug-likeness (QED) is 0.438. The van der Waals surface area contributed by atoms with Crippen LogP contribution in [0.1, 0.15) is 32.8 Å². The van der Waals surface area contributed by atoms with Crippen LogP contribution < -0.4 is 4.74 Å². The molecule has 0 aliphatic rings. The Bertz CT molecular complexity index is 944. The molecule has 2 aromatic carbocycles. The zero-order valence-corrected chi connectivity index (χ0v) is 19.6. The van der Waals surface area contributed by atoms with Crippen molar-refractivity contribution in [2.45, 2.75) is 45.9 Å². The van der Waals surface area contributed by atoms with Crippen LogP contribution in [0.25, 0.3) is 11.3 Å². The molecule has 3 rings (SSSR count). The third kappa shape index (κ3) is 6.19. The number of ether oxygens (including phenoxy) is 2. The molecular weight excluding hydrogens is 402 g/mol. The Morgan fingerprint density at radius 2 is 1.69 bits per heavy atom. The standard InChI is InChI=1S/C26H35N3O3/c1-5-20(3)29(17-22(30)19-31-6-2)18-24-25(21-13-9-7-10-14-21)27-28(4)26(24)32-23-15-11-8-12-16-23/h7-16,20,22,30H,5-6,17-19H2,1-4H3/t20-,22+/m0/s1. The summed E-state index contributed by atoms with van der Waals surface area (Å²) in [6.07, 6.45) is 0.413. The van der Waals surface area contributed by atoms with Gasteiger partial charge in [0.15, 0.2) is 0 Å². The molecule has 1 aromatic heterocycles. The van der Waals surface area contributed by atoms with Gasteiger partial charge in [-0.05, 0) is 32.4 Å². The molecule has 0 fully saturated rings. The summed E-state index contributed by atoms with van der Waals surface area (Å²) in [7, 11) is 1.91. The van der Waals surface area contributed by atoms with Crippen molar-refractivity contribution in [3.05, 3.63) is 66.2 Å². The second-order valence-corrected chi connectivity index (χ2v) is 8.04. The Labute approximate surface area is 191 Å². The van der Waals surface area contributed by atoms with Gasteiger partial charge >= 0.3 is 0 Å². The Morgan fingerprint density at radius 3 is 2.31 bits per heavy atom. The summed E-state index contributed by atoms with van der Waals surface area (Å²) < 4.78 is 13.6. The van der Waals surface area contributed by atoms with Crippen molar-refractivity contribution < 1.29 is 14.6 Å². The Balaban J connectivity index is 1.98. The molecule has 0 saturated heterocycles. The highest BCUT2D eigenvalue weighted by molar-refractivity contribution is 5.65. The first-order chi connectivity index (χ1) is 15.5. The highest BCUT2D eigenvalue weighted by atomic mass is 16.5. The summed E-state index contributed by atoms with van der Waals surface area (Å²) in [6.45, 7) is 8.33. The second-order valence-electron chi connectivity index (χ2n) is 8.04. The predicted molar refractivity (Wildman–Crippen MR) is 128 cm³/mol. The molecule has 0 bridgehead atoms. The molecule has 1 N–H and O–H groups in total. The normalized spacial score (nSPS) is 13.3. The van der Waals surface area contributed by atoms with Gasteiger partial charge in [0.2, 0.25) is 5.88 Å². The number of nitrogens with zero attached hydrogens (tertiary/aromatic N) is 3. The molecule has 0 amide bonds. The molecule has 0 aliphatic heterocycles. The topological polar surface area (TPSA) is 59.8 Å². The van der Waals surface area contributed by atoms with E-state index in [1.165, 1.54) is 0 Å². The van der Waals surface area contributed by atoms with E-state index >= 15 is 0 Å². The molecule has 3 aromatic rings. The number of aryl methyl sites for hydroxylation is 1. The van der Waals surface area contributed by atoms with E-state index < -0.39 is 6.10 Å². The van der Waals surface area contributed by atoms with Crippen molar-refractivity contribution in [1.82, 2.24) is 14.7 Å². The minimum Gasteiger partial charge on any atom is -0.439 e. The first-order valence-electron chi connectivity index (χ1n) is 11.4. The summed E-state index contributed by atoms with van der Waals surface area (Å²) in [6, 6.07) is 20.2. The van der Waals surface area contributed by atoms with Gasteiger partial charge in [0.1, 0.15) is 11.4 Å². The van der Waals surface area contributed by atoms with E-state index in [1.54, 1.807) is 4.68 Å². The maximum Gasteiger partial charge on any atom is 0.222 e. The zero-order chi connectivity index (χ0) is 22.9. The van der Waals surface area contributed by atoms with Crippen LogP contribution in [-0.2, 0) is 18.3 Å². The van der Waals surface area contributed by atoms with E-state index in [4.69, 9.17) is 14.6 Å². The lowest BCUT2D eigenvalue weighted by Crippen LogP contribution is -2.40. The van der Waals surface area contributed by atoms with Crippen molar-refractivity contribution in [2.75, 3.05) is 19.8 Å². The Hall–Kier alpha value is -2.67. The smallest absolute Gasteiger partial charge is 0.222 e. The lowest BCUT2D eigenvalue weighted by molar-refractivity contribution is 0.0112. The molecule has 32 heavy (non-hydrogen) atoms. The van der Waals surface area contributed by atoms with Crippen molar-refractivity contribution in [1.29, 1.82) is 0 Å². The van der Waals surface area contributed by atoms with E-state index in [2.05, 4.69) is 30.9 Å². The number of benzene rings is 2. The average molecular weight is 438 g/mol. The third-order valence-electron chi connectivity index (χ3n) is 5.63. The summed E-state index contributed by atoms with van der Waals surface area (Å²) in [4.78, 5) is 2.28. The first kappa shape index (κ1) is 24.0. The van der Waals surface area contributed by atoms with E-state index in [9.17, 15) is 5.11 Å². The molecule has 0 radical (unpaired) electrons. The fraction of sp³-hybridized carbons (Fsp3) is 0.423. The zero-order valence-electron chi connectivity index (χ0n) is 19.6. The number of aliphatic hydroxyl groups excluding tert-OH is 1. The van der Waals surface area contributed by atoms with Gasteiger partial charge in [0, 0.05) is 38.3 Å². The Kier molecular flexibility index (Phi) is 8.85. The van der Waals surface area contributed by atoms with Crippen LogP contribution >= 0.6 is 0 Å². The van der Waals surface area contributed by atoms with Gasteiger partial charge in [-0.1, -0.05) is 55.5 Å². The molecule has 172 valence electrons. The summed E-state index contributed by atoms with van der Waals surface area (Å²) in [5, 5.41) is 15.4. The first-order valence-corrected chi connectivity index (χ1v) is 11.4. The van der Waals surface area contributed by atoms with E-state index in [-0.39, 0.29) is 6.04 Å².